The van der Waals surface area contributed by atoms with Crippen LogP contribution in [0.1, 0.15) is 22.0 Å². The van der Waals surface area contributed by atoms with Gasteiger partial charge in [0.25, 0.3) is 0 Å². The molecule has 1 aromatic heterocycles. The molecule has 1 atom stereocenters. The molecule has 5 heteroatoms. The van der Waals surface area contributed by atoms with E-state index in [1.54, 1.807) is 24.3 Å². The van der Waals surface area contributed by atoms with E-state index in [-0.39, 0.29) is 10.9 Å². The maximum atomic E-state index is 12.7. The average Bonchev–Trinajstić information content (AvgIpc) is 3.08. The largest absolute Gasteiger partial charge is 0.241 e. The third-order valence-corrected chi connectivity index (χ3v) is 5.94. The minimum absolute atomic E-state index is 0.278. The third kappa shape index (κ3) is 3.69. The van der Waals surface area contributed by atoms with Gasteiger partial charge in [-0.2, -0.15) is 4.72 Å². The molecule has 23 heavy (non-hydrogen) atoms. The average molecular weight is 343 g/mol. The van der Waals surface area contributed by atoms with Gasteiger partial charge in [0, 0.05) is 4.88 Å². The van der Waals surface area contributed by atoms with Gasteiger partial charge in [-0.1, -0.05) is 54.1 Å². The van der Waals surface area contributed by atoms with E-state index in [0.29, 0.717) is 0 Å². The third-order valence-electron chi connectivity index (χ3n) is 3.56. The monoisotopic (exact) mass is 343 g/mol. The maximum Gasteiger partial charge on any atom is 0.241 e. The van der Waals surface area contributed by atoms with E-state index < -0.39 is 10.0 Å². The zero-order chi connectivity index (χ0) is 16.3. The predicted octanol–water partition coefficient (Wildman–Crippen LogP) is 4.12. The van der Waals surface area contributed by atoms with Crippen LogP contribution in [-0.4, -0.2) is 8.42 Å². The first-order valence-electron chi connectivity index (χ1n) is 7.23. The van der Waals surface area contributed by atoms with Crippen molar-refractivity contribution in [2.45, 2.75) is 17.9 Å². The quantitative estimate of drug-likeness (QED) is 0.757. The predicted molar refractivity (Wildman–Crippen MR) is 94.1 cm³/mol. The lowest BCUT2D eigenvalue weighted by atomic mass is 10.1. The first-order valence-corrected chi connectivity index (χ1v) is 9.60. The van der Waals surface area contributed by atoms with Gasteiger partial charge in [-0.25, -0.2) is 8.42 Å². The smallest absolute Gasteiger partial charge is 0.207 e. The molecule has 0 aliphatic heterocycles. The molecule has 3 aromatic rings. The second-order valence-electron chi connectivity index (χ2n) is 5.29. The number of aryl methyl sites for hydroxylation is 1. The summed E-state index contributed by atoms with van der Waals surface area (Å²) in [7, 11) is -3.59. The van der Waals surface area contributed by atoms with Crippen molar-refractivity contribution in [2.24, 2.45) is 0 Å². The molecule has 0 fully saturated rings. The minimum atomic E-state index is -3.59. The van der Waals surface area contributed by atoms with Crippen molar-refractivity contribution in [3.8, 4) is 0 Å². The molecule has 1 N–H and O–H groups in total. The van der Waals surface area contributed by atoms with Crippen LogP contribution in [0.5, 0.6) is 0 Å². The molecule has 3 nitrogen and oxygen atoms in total. The van der Waals surface area contributed by atoms with Crippen LogP contribution >= 0.6 is 11.3 Å². The normalized spacial score (nSPS) is 12.9. The highest BCUT2D eigenvalue weighted by Gasteiger charge is 2.23. The number of thiophene rings is 1. The Morgan fingerprint density at radius 3 is 2.22 bits per heavy atom. The fraction of sp³-hybridized carbons (Fsp3) is 0.111. The van der Waals surface area contributed by atoms with E-state index >= 15 is 0 Å². The van der Waals surface area contributed by atoms with Gasteiger partial charge < -0.3 is 0 Å². The van der Waals surface area contributed by atoms with E-state index in [0.717, 1.165) is 16.0 Å². The second kappa shape index (κ2) is 6.66. The Morgan fingerprint density at radius 2 is 1.61 bits per heavy atom. The van der Waals surface area contributed by atoms with Gasteiger partial charge in [0.05, 0.1) is 10.9 Å². The van der Waals surface area contributed by atoms with Gasteiger partial charge >= 0.3 is 0 Å². The molecule has 2 aromatic carbocycles. The molecule has 0 unspecified atom stereocenters. The standard InChI is InChI=1S/C18H17NO2S2/c1-14-9-11-16(12-10-14)23(20,21)19-18(17-8-5-13-22-17)15-6-3-2-4-7-15/h2-13,18-19H,1H3/t18-/m1/s1. The van der Waals surface area contributed by atoms with E-state index in [1.807, 2.05) is 54.8 Å². The molecule has 0 aliphatic carbocycles. The number of rotatable bonds is 5. The Morgan fingerprint density at radius 1 is 0.913 bits per heavy atom. The second-order valence-corrected chi connectivity index (χ2v) is 7.99. The van der Waals surface area contributed by atoms with Crippen LogP contribution in [0.2, 0.25) is 0 Å². The summed E-state index contributed by atoms with van der Waals surface area (Å²) in [4.78, 5) is 1.24. The van der Waals surface area contributed by atoms with Crippen molar-refractivity contribution in [1.82, 2.24) is 4.72 Å². The highest BCUT2D eigenvalue weighted by Crippen LogP contribution is 2.27. The van der Waals surface area contributed by atoms with Crippen LogP contribution in [0, 0.1) is 6.92 Å². The molecule has 0 radical (unpaired) electrons. The highest BCUT2D eigenvalue weighted by atomic mass is 32.2. The zero-order valence-electron chi connectivity index (χ0n) is 12.6. The Balaban J connectivity index is 1.97. The van der Waals surface area contributed by atoms with Gasteiger partial charge in [-0.05, 0) is 36.1 Å². The number of nitrogens with one attached hydrogen (secondary N) is 1. The van der Waals surface area contributed by atoms with Gasteiger partial charge in [0.2, 0.25) is 10.0 Å². The maximum absolute atomic E-state index is 12.7. The summed E-state index contributed by atoms with van der Waals surface area (Å²) in [6.45, 7) is 1.93. The van der Waals surface area contributed by atoms with Crippen LogP contribution in [0.3, 0.4) is 0 Å². The Hall–Kier alpha value is -1.95. The van der Waals surface area contributed by atoms with Crippen molar-refractivity contribution in [3.05, 3.63) is 88.1 Å². The van der Waals surface area contributed by atoms with Crippen molar-refractivity contribution < 1.29 is 8.42 Å². The molecule has 3 rings (SSSR count). The minimum Gasteiger partial charge on any atom is -0.207 e. The van der Waals surface area contributed by atoms with Crippen molar-refractivity contribution in [3.63, 3.8) is 0 Å². The summed E-state index contributed by atoms with van der Waals surface area (Å²) < 4.78 is 28.3. The van der Waals surface area contributed by atoms with Crippen LogP contribution in [0.4, 0.5) is 0 Å². The van der Waals surface area contributed by atoms with Crippen LogP contribution in [0.25, 0.3) is 0 Å². The molecular formula is C18H17NO2S2. The van der Waals surface area contributed by atoms with Gasteiger partial charge in [-0.15, -0.1) is 11.3 Å². The van der Waals surface area contributed by atoms with E-state index in [1.165, 1.54) is 11.3 Å². The number of sulfonamides is 1. The lowest BCUT2D eigenvalue weighted by Gasteiger charge is -2.18. The lowest BCUT2D eigenvalue weighted by Crippen LogP contribution is -2.29. The molecule has 0 aliphatic rings. The van der Waals surface area contributed by atoms with Crippen LogP contribution < -0.4 is 4.72 Å². The topological polar surface area (TPSA) is 46.2 Å². The van der Waals surface area contributed by atoms with Crippen molar-refractivity contribution in [2.75, 3.05) is 0 Å². The molecule has 0 saturated carbocycles. The molecule has 118 valence electrons. The number of hydrogen-bond donors (Lipinski definition) is 1. The highest BCUT2D eigenvalue weighted by molar-refractivity contribution is 7.89. The number of hydrogen-bond acceptors (Lipinski definition) is 3. The molecule has 0 bridgehead atoms. The molecule has 0 spiro atoms. The summed E-state index contributed by atoms with van der Waals surface area (Å²) in [6.07, 6.45) is 0. The van der Waals surface area contributed by atoms with Gasteiger partial charge in [0.15, 0.2) is 0 Å². The Labute approximate surface area is 140 Å². The fourth-order valence-electron chi connectivity index (χ4n) is 2.33. The van der Waals surface area contributed by atoms with Crippen LogP contribution in [-0.2, 0) is 10.0 Å². The Bertz CT molecular complexity index is 855. The summed E-state index contributed by atoms with van der Waals surface area (Å²) >= 11 is 1.54. The summed E-state index contributed by atoms with van der Waals surface area (Å²) in [6, 6.07) is 20.0. The van der Waals surface area contributed by atoms with Crippen molar-refractivity contribution >= 4 is 21.4 Å². The lowest BCUT2D eigenvalue weighted by molar-refractivity contribution is 0.573. The zero-order valence-corrected chi connectivity index (χ0v) is 14.3. The van der Waals surface area contributed by atoms with Crippen molar-refractivity contribution in [1.29, 1.82) is 0 Å². The summed E-state index contributed by atoms with van der Waals surface area (Å²) in [5, 5.41) is 1.95. The Kier molecular flexibility index (Phi) is 4.61. The molecular weight excluding hydrogens is 326 g/mol. The number of benzene rings is 2. The molecule has 0 amide bonds. The fourth-order valence-corrected chi connectivity index (χ4v) is 4.41. The first-order chi connectivity index (χ1) is 11.1. The van der Waals surface area contributed by atoms with Gasteiger partial charge in [0.1, 0.15) is 0 Å². The van der Waals surface area contributed by atoms with E-state index in [4.69, 9.17) is 0 Å². The summed E-state index contributed by atoms with van der Waals surface area (Å²) in [5.74, 6) is 0. The first kappa shape index (κ1) is 15.9. The van der Waals surface area contributed by atoms with E-state index in [9.17, 15) is 8.42 Å². The summed E-state index contributed by atoms with van der Waals surface area (Å²) in [5.41, 5.74) is 1.95. The SMILES string of the molecule is Cc1ccc(S(=O)(=O)N[C@H](c2ccccc2)c2cccs2)cc1. The van der Waals surface area contributed by atoms with Gasteiger partial charge in [-0.3, -0.25) is 0 Å². The van der Waals surface area contributed by atoms with E-state index in [2.05, 4.69) is 4.72 Å². The van der Waals surface area contributed by atoms with Crippen LogP contribution in [0.15, 0.2) is 77.0 Å². The molecule has 0 saturated heterocycles. The molecule has 1 heterocycles.